The lowest BCUT2D eigenvalue weighted by atomic mass is 10.2. The Labute approximate surface area is 98.9 Å². The van der Waals surface area contributed by atoms with Crippen LogP contribution in [-0.4, -0.2) is 8.07 Å². The van der Waals surface area contributed by atoms with Crippen molar-refractivity contribution in [3.63, 3.8) is 0 Å². The Morgan fingerprint density at radius 1 is 1.00 bits per heavy atom. The second-order valence-electron chi connectivity index (χ2n) is 3.26. The Morgan fingerprint density at radius 3 is 1.94 bits per heavy atom. The molecule has 84 valence electrons. The summed E-state index contributed by atoms with van der Waals surface area (Å²) in [6, 6.07) is 4.59. The van der Waals surface area contributed by atoms with E-state index in [1.54, 1.807) is 0 Å². The zero-order valence-electron chi connectivity index (χ0n) is 8.68. The number of halogens is 3. The van der Waals surface area contributed by atoms with Crippen LogP contribution in [0.4, 0.5) is 13.2 Å². The normalized spacial score (nSPS) is 11.1. The number of hydrogen-bond acceptors (Lipinski definition) is 0. The van der Waals surface area contributed by atoms with E-state index in [9.17, 15) is 13.2 Å². The Bertz CT molecular complexity index is 514. The fraction of sp³-hybridized carbons (Fsp3) is 0.0769. The van der Waals surface area contributed by atoms with Crippen LogP contribution in [0.3, 0.4) is 0 Å². The van der Waals surface area contributed by atoms with Crippen LogP contribution >= 0.6 is 0 Å². The molecule has 0 aliphatic heterocycles. The largest absolute Gasteiger partial charge is 0.416 e. The van der Waals surface area contributed by atoms with E-state index in [0.717, 1.165) is 12.1 Å². The lowest BCUT2D eigenvalue weighted by Gasteiger charge is -2.15. The minimum Gasteiger partial charge on any atom is -0.166 e. The molecule has 0 spiro atoms. The minimum absolute atomic E-state index is 0.236. The molecule has 0 aromatic heterocycles. The maximum absolute atomic E-state index is 12.5. The van der Waals surface area contributed by atoms with Gasteiger partial charge in [0.1, 0.15) is 0 Å². The molecule has 0 atom stereocenters. The third kappa shape index (κ3) is 2.36. The van der Waals surface area contributed by atoms with Gasteiger partial charge in [-0.3, -0.25) is 0 Å². The van der Waals surface area contributed by atoms with E-state index in [4.69, 9.17) is 19.3 Å². The zero-order valence-corrected chi connectivity index (χ0v) is 9.68. The minimum atomic E-state index is -4.44. The number of hydrogen-bond donors (Lipinski definition) is 0. The SMILES string of the molecule is C#C[Si](C#C)(C#C)c1cccc(C(F)(F)F)c1. The lowest BCUT2D eigenvalue weighted by molar-refractivity contribution is -0.137. The monoisotopic (exact) mass is 248 g/mol. The van der Waals surface area contributed by atoms with Crippen LogP contribution in [-0.2, 0) is 6.18 Å². The average molecular weight is 248 g/mol. The Kier molecular flexibility index (Phi) is 3.37. The van der Waals surface area contributed by atoms with Crippen molar-refractivity contribution < 1.29 is 13.2 Å². The van der Waals surface area contributed by atoms with E-state index in [1.807, 2.05) is 0 Å². The van der Waals surface area contributed by atoms with Crippen molar-refractivity contribution >= 4 is 13.3 Å². The van der Waals surface area contributed by atoms with Crippen LogP contribution < -0.4 is 5.19 Å². The van der Waals surface area contributed by atoms with Crippen LogP contribution in [0.15, 0.2) is 24.3 Å². The van der Waals surface area contributed by atoms with E-state index in [0.29, 0.717) is 0 Å². The second kappa shape index (κ2) is 4.42. The van der Waals surface area contributed by atoms with Crippen molar-refractivity contribution in [2.24, 2.45) is 0 Å². The van der Waals surface area contributed by atoms with Crippen molar-refractivity contribution in [1.29, 1.82) is 0 Å². The highest BCUT2D eigenvalue weighted by atomic mass is 28.3. The third-order valence-electron chi connectivity index (χ3n) is 2.27. The van der Waals surface area contributed by atoms with Gasteiger partial charge in [0.15, 0.2) is 0 Å². The summed E-state index contributed by atoms with van der Waals surface area (Å²) in [5.41, 5.74) is 6.13. The first-order valence-electron chi connectivity index (χ1n) is 4.50. The van der Waals surface area contributed by atoms with Gasteiger partial charge in [-0.2, -0.15) is 13.2 Å². The highest BCUT2D eigenvalue weighted by molar-refractivity contribution is 7.10. The molecule has 0 saturated heterocycles. The summed E-state index contributed by atoms with van der Waals surface area (Å²) < 4.78 is 37.6. The first-order valence-corrected chi connectivity index (χ1v) is 6.50. The molecule has 0 bridgehead atoms. The number of terminal acetylenes is 3. The van der Waals surface area contributed by atoms with Crippen LogP contribution in [0.25, 0.3) is 0 Å². The van der Waals surface area contributed by atoms with Crippen LogP contribution in [0.2, 0.25) is 0 Å². The molecular formula is C13H7F3Si. The fourth-order valence-electron chi connectivity index (χ4n) is 1.30. The van der Waals surface area contributed by atoms with Crippen LogP contribution in [0.1, 0.15) is 5.56 Å². The van der Waals surface area contributed by atoms with Gasteiger partial charge in [-0.1, -0.05) is 34.8 Å². The van der Waals surface area contributed by atoms with E-state index in [1.165, 1.54) is 12.1 Å². The summed E-state index contributed by atoms with van der Waals surface area (Å²) in [6.45, 7) is 0. The van der Waals surface area contributed by atoms with Crippen molar-refractivity contribution in [3.05, 3.63) is 29.8 Å². The average Bonchev–Trinajstić information content (AvgIpc) is 2.31. The Balaban J connectivity index is 3.42. The summed E-state index contributed by atoms with van der Waals surface area (Å²) >= 11 is 0. The summed E-state index contributed by atoms with van der Waals surface area (Å²) in [7, 11) is -3.12. The Hall–Kier alpha value is -2.09. The van der Waals surface area contributed by atoms with Gasteiger partial charge in [0, 0.05) is 0 Å². The van der Waals surface area contributed by atoms with Crippen molar-refractivity contribution in [3.8, 4) is 35.9 Å². The molecule has 17 heavy (non-hydrogen) atoms. The first kappa shape index (κ1) is 13.0. The zero-order chi connectivity index (χ0) is 13.1. The third-order valence-corrected chi connectivity index (χ3v) is 4.75. The second-order valence-corrected chi connectivity index (χ2v) is 6.20. The molecule has 0 radical (unpaired) electrons. The van der Waals surface area contributed by atoms with Crippen LogP contribution in [0, 0.1) is 35.9 Å². The van der Waals surface area contributed by atoms with Crippen molar-refractivity contribution in [1.82, 2.24) is 0 Å². The maximum Gasteiger partial charge on any atom is 0.416 e. The van der Waals surface area contributed by atoms with Crippen LogP contribution in [0.5, 0.6) is 0 Å². The lowest BCUT2D eigenvalue weighted by Crippen LogP contribution is -2.45. The molecule has 0 aliphatic carbocycles. The van der Waals surface area contributed by atoms with Gasteiger partial charge in [-0.25, -0.2) is 0 Å². The Morgan fingerprint density at radius 2 is 1.53 bits per heavy atom. The highest BCUT2D eigenvalue weighted by Gasteiger charge is 2.35. The quantitative estimate of drug-likeness (QED) is 0.526. The molecule has 1 aromatic rings. The summed E-state index contributed by atoms with van der Waals surface area (Å²) in [6.07, 6.45) is 11.4. The van der Waals surface area contributed by atoms with E-state index >= 15 is 0 Å². The molecule has 0 saturated carbocycles. The molecule has 0 nitrogen and oxygen atoms in total. The van der Waals surface area contributed by atoms with Crippen molar-refractivity contribution in [2.75, 3.05) is 0 Å². The molecule has 0 unspecified atom stereocenters. The standard InChI is InChI=1S/C13H7F3Si/c1-4-17(5-2,6-3)12-9-7-8-11(10-12)13(14,15)16/h1-3,7-10H. The predicted octanol–water partition coefficient (Wildman–Crippen LogP) is 1.88. The number of rotatable bonds is 1. The molecular weight excluding hydrogens is 241 g/mol. The van der Waals surface area contributed by atoms with Gasteiger partial charge < -0.3 is 0 Å². The van der Waals surface area contributed by atoms with E-state index < -0.39 is 19.8 Å². The topological polar surface area (TPSA) is 0 Å². The van der Waals surface area contributed by atoms with E-state index in [2.05, 4.69) is 16.6 Å². The van der Waals surface area contributed by atoms with E-state index in [-0.39, 0.29) is 5.19 Å². The molecule has 1 rings (SSSR count). The maximum atomic E-state index is 12.5. The summed E-state index contributed by atoms with van der Waals surface area (Å²) in [4.78, 5) is 0. The highest BCUT2D eigenvalue weighted by Crippen LogP contribution is 2.28. The number of alkyl halides is 3. The smallest absolute Gasteiger partial charge is 0.166 e. The van der Waals surface area contributed by atoms with Gasteiger partial charge in [0.2, 0.25) is 0 Å². The summed E-state index contributed by atoms with van der Waals surface area (Å²) in [5, 5.41) is 0.236. The van der Waals surface area contributed by atoms with Gasteiger partial charge in [0.05, 0.1) is 5.56 Å². The van der Waals surface area contributed by atoms with Gasteiger partial charge in [-0.05, 0) is 11.3 Å². The molecule has 0 fully saturated rings. The predicted molar refractivity (Wildman–Crippen MR) is 63.3 cm³/mol. The molecule has 0 N–H and O–H groups in total. The first-order chi connectivity index (χ1) is 7.89. The van der Waals surface area contributed by atoms with Gasteiger partial charge >= 0.3 is 14.3 Å². The summed E-state index contributed by atoms with van der Waals surface area (Å²) in [5.74, 6) is 0. The van der Waals surface area contributed by atoms with Crippen molar-refractivity contribution in [2.45, 2.75) is 6.18 Å². The molecule has 1 aromatic carbocycles. The molecule has 4 heteroatoms. The van der Waals surface area contributed by atoms with Gasteiger partial charge in [0.25, 0.3) is 0 Å². The van der Waals surface area contributed by atoms with Gasteiger partial charge in [-0.15, -0.1) is 19.3 Å². The fourth-order valence-corrected chi connectivity index (χ4v) is 2.77. The number of benzene rings is 1. The molecule has 0 heterocycles. The molecule has 0 aliphatic rings. The molecule has 0 amide bonds.